The van der Waals surface area contributed by atoms with Crippen molar-refractivity contribution in [2.75, 3.05) is 13.7 Å². The number of nitrogens with one attached hydrogen (secondary N) is 1. The Kier molecular flexibility index (Phi) is 5.19. The summed E-state index contributed by atoms with van der Waals surface area (Å²) >= 11 is 0. The number of ether oxygens (including phenoxy) is 2. The summed E-state index contributed by atoms with van der Waals surface area (Å²) in [6.07, 6.45) is 0. The highest BCUT2D eigenvalue weighted by atomic mass is 16.5. The first-order chi connectivity index (χ1) is 12.2. The summed E-state index contributed by atoms with van der Waals surface area (Å²) in [5, 5.41) is 5.32. The number of carbonyl (C=O) groups is 1. The lowest BCUT2D eigenvalue weighted by Gasteiger charge is -2.15. The van der Waals surface area contributed by atoms with Crippen LogP contribution in [-0.2, 0) is 4.79 Å². The third-order valence-electron chi connectivity index (χ3n) is 4.08. The molecule has 0 aliphatic carbocycles. The van der Waals surface area contributed by atoms with Gasteiger partial charge in [-0.15, -0.1) is 0 Å². The first-order valence-electron chi connectivity index (χ1n) is 8.20. The molecule has 0 fully saturated rings. The third-order valence-corrected chi connectivity index (χ3v) is 4.08. The van der Waals surface area contributed by atoms with E-state index in [1.165, 1.54) is 5.39 Å². The van der Waals surface area contributed by atoms with Crippen LogP contribution < -0.4 is 14.8 Å². The molecule has 1 atom stereocenters. The molecule has 3 aromatic rings. The van der Waals surface area contributed by atoms with Crippen LogP contribution in [0.25, 0.3) is 10.8 Å². The minimum absolute atomic E-state index is 0.0236. The van der Waals surface area contributed by atoms with E-state index in [9.17, 15) is 4.79 Å². The molecule has 0 bridgehead atoms. The summed E-state index contributed by atoms with van der Waals surface area (Å²) in [6, 6.07) is 21.4. The average Bonchev–Trinajstić information content (AvgIpc) is 2.66. The molecule has 0 saturated carbocycles. The van der Waals surface area contributed by atoms with Gasteiger partial charge in [0.2, 0.25) is 0 Å². The van der Waals surface area contributed by atoms with Crippen LogP contribution >= 0.6 is 0 Å². The van der Waals surface area contributed by atoms with Crippen LogP contribution in [0, 0.1) is 0 Å². The van der Waals surface area contributed by atoms with Gasteiger partial charge >= 0.3 is 0 Å². The Morgan fingerprint density at radius 3 is 2.36 bits per heavy atom. The smallest absolute Gasteiger partial charge is 0.258 e. The Morgan fingerprint density at radius 1 is 0.960 bits per heavy atom. The first-order valence-corrected chi connectivity index (χ1v) is 8.20. The largest absolute Gasteiger partial charge is 0.497 e. The maximum absolute atomic E-state index is 12.1. The van der Waals surface area contributed by atoms with E-state index in [1.807, 2.05) is 25.1 Å². The van der Waals surface area contributed by atoms with Gasteiger partial charge in [-0.25, -0.2) is 0 Å². The summed E-state index contributed by atoms with van der Waals surface area (Å²) in [7, 11) is 1.61. The number of hydrogen-bond donors (Lipinski definition) is 1. The van der Waals surface area contributed by atoms with E-state index in [1.54, 1.807) is 31.4 Å². The highest BCUT2D eigenvalue weighted by Gasteiger charge is 2.10. The topological polar surface area (TPSA) is 47.6 Å². The van der Waals surface area contributed by atoms with Crippen molar-refractivity contribution in [3.8, 4) is 11.5 Å². The fourth-order valence-corrected chi connectivity index (χ4v) is 2.66. The van der Waals surface area contributed by atoms with Gasteiger partial charge in [0.05, 0.1) is 13.2 Å². The molecule has 0 radical (unpaired) electrons. The predicted octanol–water partition coefficient (Wildman–Crippen LogP) is 4.10. The van der Waals surface area contributed by atoms with Crippen molar-refractivity contribution in [2.45, 2.75) is 13.0 Å². The lowest BCUT2D eigenvalue weighted by molar-refractivity contribution is -0.123. The van der Waals surface area contributed by atoms with Crippen LogP contribution in [-0.4, -0.2) is 19.6 Å². The fraction of sp³-hybridized carbons (Fsp3) is 0.190. The number of benzene rings is 3. The molecular weight excluding hydrogens is 314 g/mol. The highest BCUT2D eigenvalue weighted by molar-refractivity contribution is 5.83. The van der Waals surface area contributed by atoms with Crippen molar-refractivity contribution < 1.29 is 14.3 Å². The molecule has 0 unspecified atom stereocenters. The molecule has 0 heterocycles. The number of carbonyl (C=O) groups excluding carboxylic acids is 1. The fourth-order valence-electron chi connectivity index (χ4n) is 2.66. The van der Waals surface area contributed by atoms with Crippen LogP contribution in [0.1, 0.15) is 18.5 Å². The SMILES string of the molecule is COc1ccc(OCC(=O)N[C@H](C)c2ccc3ccccc3c2)cc1. The molecule has 0 aliphatic heterocycles. The van der Waals surface area contributed by atoms with E-state index < -0.39 is 0 Å². The van der Waals surface area contributed by atoms with Crippen LogP contribution in [0.5, 0.6) is 11.5 Å². The molecule has 128 valence electrons. The Morgan fingerprint density at radius 2 is 1.64 bits per heavy atom. The van der Waals surface area contributed by atoms with Crippen molar-refractivity contribution >= 4 is 16.7 Å². The minimum atomic E-state index is -0.156. The van der Waals surface area contributed by atoms with E-state index in [0.717, 1.165) is 16.7 Å². The van der Waals surface area contributed by atoms with E-state index in [4.69, 9.17) is 9.47 Å². The summed E-state index contributed by atoms with van der Waals surface area (Å²) in [4.78, 5) is 12.1. The molecule has 0 saturated heterocycles. The van der Waals surface area contributed by atoms with Gasteiger partial charge in [0.25, 0.3) is 5.91 Å². The van der Waals surface area contributed by atoms with Gasteiger partial charge in [-0.1, -0.05) is 36.4 Å². The van der Waals surface area contributed by atoms with Crippen LogP contribution in [0.15, 0.2) is 66.7 Å². The average molecular weight is 335 g/mol. The quantitative estimate of drug-likeness (QED) is 0.737. The second-order valence-electron chi connectivity index (χ2n) is 5.86. The van der Waals surface area contributed by atoms with Gasteiger partial charge in [-0.05, 0) is 53.6 Å². The van der Waals surface area contributed by atoms with Crippen LogP contribution in [0.3, 0.4) is 0 Å². The molecule has 1 N–H and O–H groups in total. The number of rotatable bonds is 6. The maximum Gasteiger partial charge on any atom is 0.258 e. The molecule has 4 nitrogen and oxygen atoms in total. The standard InChI is InChI=1S/C21H21NO3/c1-15(17-8-7-16-5-3-4-6-18(16)13-17)22-21(23)14-25-20-11-9-19(24-2)10-12-20/h3-13,15H,14H2,1-2H3,(H,22,23)/t15-/m1/s1. The third kappa shape index (κ3) is 4.29. The summed E-state index contributed by atoms with van der Waals surface area (Å²) in [5.41, 5.74) is 1.07. The number of amides is 1. The zero-order chi connectivity index (χ0) is 17.6. The van der Waals surface area contributed by atoms with Crippen LogP contribution in [0.4, 0.5) is 0 Å². The predicted molar refractivity (Wildman–Crippen MR) is 99.0 cm³/mol. The molecular formula is C21H21NO3. The maximum atomic E-state index is 12.1. The Bertz CT molecular complexity index is 858. The second kappa shape index (κ2) is 7.71. The van der Waals surface area contributed by atoms with Gasteiger partial charge in [0, 0.05) is 0 Å². The van der Waals surface area contributed by atoms with E-state index >= 15 is 0 Å². The normalized spacial score (nSPS) is 11.8. The number of fused-ring (bicyclic) bond motifs is 1. The molecule has 0 aromatic heterocycles. The van der Waals surface area contributed by atoms with Gasteiger partial charge in [-0.2, -0.15) is 0 Å². The first kappa shape index (κ1) is 16.8. The zero-order valence-electron chi connectivity index (χ0n) is 14.4. The molecule has 4 heteroatoms. The van der Waals surface area contributed by atoms with Crippen molar-refractivity contribution in [1.29, 1.82) is 0 Å². The molecule has 3 aromatic carbocycles. The van der Waals surface area contributed by atoms with Gasteiger partial charge < -0.3 is 14.8 Å². The minimum Gasteiger partial charge on any atom is -0.497 e. The van der Waals surface area contributed by atoms with Gasteiger partial charge in [0.15, 0.2) is 6.61 Å². The summed E-state index contributed by atoms with van der Waals surface area (Å²) in [5.74, 6) is 1.23. The van der Waals surface area contributed by atoms with Crippen molar-refractivity contribution in [3.63, 3.8) is 0 Å². The monoisotopic (exact) mass is 335 g/mol. The molecule has 3 rings (SSSR count). The van der Waals surface area contributed by atoms with E-state index in [0.29, 0.717) is 5.75 Å². The van der Waals surface area contributed by atoms with Crippen molar-refractivity contribution in [2.24, 2.45) is 0 Å². The Labute approximate surface area is 147 Å². The number of hydrogen-bond acceptors (Lipinski definition) is 3. The molecule has 0 spiro atoms. The molecule has 0 aliphatic rings. The zero-order valence-corrected chi connectivity index (χ0v) is 14.4. The van der Waals surface area contributed by atoms with E-state index in [-0.39, 0.29) is 18.6 Å². The molecule has 1 amide bonds. The number of methoxy groups -OCH3 is 1. The molecule has 25 heavy (non-hydrogen) atoms. The summed E-state index contributed by atoms with van der Waals surface area (Å²) in [6.45, 7) is 1.94. The summed E-state index contributed by atoms with van der Waals surface area (Å²) < 4.78 is 10.6. The Balaban J connectivity index is 1.57. The van der Waals surface area contributed by atoms with Crippen molar-refractivity contribution in [1.82, 2.24) is 5.32 Å². The van der Waals surface area contributed by atoms with Gasteiger partial charge in [0.1, 0.15) is 11.5 Å². The highest BCUT2D eigenvalue weighted by Crippen LogP contribution is 2.20. The Hall–Kier alpha value is -3.01. The lowest BCUT2D eigenvalue weighted by atomic mass is 10.0. The van der Waals surface area contributed by atoms with Gasteiger partial charge in [-0.3, -0.25) is 4.79 Å². The van der Waals surface area contributed by atoms with E-state index in [2.05, 4.69) is 29.6 Å². The van der Waals surface area contributed by atoms with Crippen molar-refractivity contribution in [3.05, 3.63) is 72.3 Å². The second-order valence-corrected chi connectivity index (χ2v) is 5.86. The van der Waals surface area contributed by atoms with Crippen LogP contribution in [0.2, 0.25) is 0 Å². The lowest BCUT2D eigenvalue weighted by Crippen LogP contribution is -2.31.